The molecule has 0 amide bonds. The normalized spacial score (nSPS) is 10.7. The van der Waals surface area contributed by atoms with Gasteiger partial charge in [-0.05, 0) is 46.3 Å². The van der Waals surface area contributed by atoms with Gasteiger partial charge in [-0.1, -0.05) is 41.9 Å². The second kappa shape index (κ2) is 5.52. The van der Waals surface area contributed by atoms with Gasteiger partial charge >= 0.3 is 0 Å². The van der Waals surface area contributed by atoms with Crippen LogP contribution in [0.25, 0.3) is 17.1 Å². The first-order valence-electron chi connectivity index (χ1n) is 5.85. The molecule has 20 heavy (non-hydrogen) atoms. The van der Waals surface area contributed by atoms with Crippen LogP contribution in [0.4, 0.5) is 0 Å². The molecule has 3 aromatic rings. The van der Waals surface area contributed by atoms with E-state index in [0.717, 1.165) is 21.5 Å². The van der Waals surface area contributed by atoms with Crippen molar-refractivity contribution in [1.29, 1.82) is 0 Å². The van der Waals surface area contributed by atoms with Crippen LogP contribution in [-0.4, -0.2) is 14.8 Å². The van der Waals surface area contributed by atoms with E-state index in [2.05, 4.69) is 26.1 Å². The maximum Gasteiger partial charge on any atom is 0.200 e. The molecule has 0 aliphatic carbocycles. The van der Waals surface area contributed by atoms with E-state index in [9.17, 15) is 0 Å². The SMILES string of the molecule is S=c1[nH]nc(-c2ccccc2)n1-c1cc(Cl)ccc1Br. The van der Waals surface area contributed by atoms with Gasteiger partial charge in [0, 0.05) is 15.1 Å². The summed E-state index contributed by atoms with van der Waals surface area (Å²) in [6.45, 7) is 0. The summed E-state index contributed by atoms with van der Waals surface area (Å²) < 4.78 is 3.28. The quantitative estimate of drug-likeness (QED) is 0.647. The Balaban J connectivity index is 2.27. The number of halogens is 2. The van der Waals surface area contributed by atoms with Gasteiger partial charge in [0.2, 0.25) is 0 Å². The molecule has 1 aromatic heterocycles. The number of hydrogen-bond donors (Lipinski definition) is 1. The van der Waals surface area contributed by atoms with Gasteiger partial charge in [-0.3, -0.25) is 9.67 Å². The van der Waals surface area contributed by atoms with E-state index in [1.807, 2.05) is 53.1 Å². The van der Waals surface area contributed by atoms with Crippen LogP contribution in [0.1, 0.15) is 0 Å². The van der Waals surface area contributed by atoms with E-state index in [1.165, 1.54) is 0 Å². The number of nitrogens with one attached hydrogen (secondary N) is 1. The highest BCUT2D eigenvalue weighted by Gasteiger charge is 2.13. The Bertz CT molecular complexity index is 811. The van der Waals surface area contributed by atoms with Gasteiger partial charge in [-0.2, -0.15) is 5.10 Å². The number of aromatic nitrogens is 3. The highest BCUT2D eigenvalue weighted by atomic mass is 79.9. The van der Waals surface area contributed by atoms with Crippen molar-refractivity contribution in [1.82, 2.24) is 14.8 Å². The van der Waals surface area contributed by atoms with Gasteiger partial charge < -0.3 is 0 Å². The molecule has 0 aliphatic rings. The van der Waals surface area contributed by atoms with E-state index in [-0.39, 0.29) is 0 Å². The monoisotopic (exact) mass is 365 g/mol. The first-order valence-corrected chi connectivity index (χ1v) is 7.43. The van der Waals surface area contributed by atoms with Crippen molar-refractivity contribution in [3.8, 4) is 17.1 Å². The summed E-state index contributed by atoms with van der Waals surface area (Å²) in [6.07, 6.45) is 0. The third kappa shape index (κ3) is 2.44. The molecule has 0 unspecified atom stereocenters. The van der Waals surface area contributed by atoms with Crippen molar-refractivity contribution in [3.05, 3.63) is 62.8 Å². The summed E-state index contributed by atoms with van der Waals surface area (Å²) in [5, 5.41) is 7.79. The molecule has 100 valence electrons. The minimum atomic E-state index is 0.520. The molecule has 0 bridgehead atoms. The Morgan fingerprint density at radius 1 is 1.15 bits per heavy atom. The molecular formula is C14H9BrClN3S. The topological polar surface area (TPSA) is 33.6 Å². The van der Waals surface area contributed by atoms with Gasteiger partial charge in [-0.25, -0.2) is 0 Å². The molecule has 0 spiro atoms. The van der Waals surface area contributed by atoms with Gasteiger partial charge in [0.15, 0.2) is 10.6 Å². The highest BCUT2D eigenvalue weighted by Crippen LogP contribution is 2.28. The number of nitrogens with zero attached hydrogens (tertiary/aromatic N) is 2. The van der Waals surface area contributed by atoms with Crippen LogP contribution in [0.3, 0.4) is 0 Å². The van der Waals surface area contributed by atoms with Crippen LogP contribution < -0.4 is 0 Å². The Morgan fingerprint density at radius 2 is 1.90 bits per heavy atom. The summed E-state index contributed by atoms with van der Waals surface area (Å²) in [4.78, 5) is 0. The molecule has 3 rings (SSSR count). The van der Waals surface area contributed by atoms with Crippen molar-refractivity contribution < 1.29 is 0 Å². The summed E-state index contributed by atoms with van der Waals surface area (Å²) in [7, 11) is 0. The lowest BCUT2D eigenvalue weighted by atomic mass is 10.2. The molecule has 1 heterocycles. The van der Waals surface area contributed by atoms with Gasteiger partial charge in [-0.15, -0.1) is 0 Å². The molecule has 0 atom stereocenters. The first kappa shape index (κ1) is 13.5. The van der Waals surface area contributed by atoms with Crippen molar-refractivity contribution in [2.45, 2.75) is 0 Å². The number of aromatic amines is 1. The Labute approximate surface area is 134 Å². The third-order valence-electron chi connectivity index (χ3n) is 2.85. The number of benzene rings is 2. The Morgan fingerprint density at radius 3 is 2.65 bits per heavy atom. The molecule has 2 aromatic carbocycles. The predicted molar refractivity (Wildman–Crippen MR) is 86.9 cm³/mol. The average molecular weight is 367 g/mol. The molecule has 6 heteroatoms. The lowest BCUT2D eigenvalue weighted by molar-refractivity contribution is 1.03. The lowest BCUT2D eigenvalue weighted by Crippen LogP contribution is -1.98. The van der Waals surface area contributed by atoms with Crippen LogP contribution in [0.5, 0.6) is 0 Å². The fourth-order valence-corrected chi connectivity index (χ4v) is 2.78. The molecule has 1 N–H and O–H groups in total. The lowest BCUT2D eigenvalue weighted by Gasteiger charge is -2.09. The maximum absolute atomic E-state index is 6.09. The zero-order valence-corrected chi connectivity index (χ0v) is 13.3. The van der Waals surface area contributed by atoms with Crippen LogP contribution in [0, 0.1) is 4.77 Å². The molecule has 0 saturated heterocycles. The van der Waals surface area contributed by atoms with Crippen LogP contribution in [-0.2, 0) is 0 Å². The average Bonchev–Trinajstić information content (AvgIpc) is 2.84. The summed E-state index contributed by atoms with van der Waals surface area (Å²) in [5.74, 6) is 0.749. The number of H-pyrrole nitrogens is 1. The molecule has 0 fully saturated rings. The standard InChI is InChI=1S/C14H9BrClN3S/c15-11-7-6-10(16)8-12(11)19-13(17-18-14(19)20)9-4-2-1-3-5-9/h1-8H,(H,18,20). The predicted octanol–water partition coefficient (Wildman–Crippen LogP) is 5.01. The second-order valence-electron chi connectivity index (χ2n) is 4.15. The molecule has 0 aliphatic heterocycles. The number of rotatable bonds is 2. The smallest absolute Gasteiger partial charge is 0.200 e. The van der Waals surface area contributed by atoms with E-state index < -0.39 is 0 Å². The first-order chi connectivity index (χ1) is 9.66. The molecule has 0 saturated carbocycles. The molecule has 3 nitrogen and oxygen atoms in total. The maximum atomic E-state index is 6.09. The fourth-order valence-electron chi connectivity index (χ4n) is 1.96. The van der Waals surface area contributed by atoms with Gasteiger partial charge in [0.25, 0.3) is 0 Å². The van der Waals surface area contributed by atoms with Crippen LogP contribution in [0.2, 0.25) is 5.02 Å². The van der Waals surface area contributed by atoms with E-state index in [0.29, 0.717) is 9.79 Å². The van der Waals surface area contributed by atoms with Crippen LogP contribution >= 0.6 is 39.7 Å². The second-order valence-corrected chi connectivity index (χ2v) is 5.83. The molecular weight excluding hydrogens is 358 g/mol. The van der Waals surface area contributed by atoms with E-state index in [1.54, 1.807) is 0 Å². The summed E-state index contributed by atoms with van der Waals surface area (Å²) >= 11 is 14.9. The van der Waals surface area contributed by atoms with E-state index in [4.69, 9.17) is 23.8 Å². The van der Waals surface area contributed by atoms with Crippen molar-refractivity contribution in [2.24, 2.45) is 0 Å². The largest absolute Gasteiger partial charge is 0.267 e. The van der Waals surface area contributed by atoms with Crippen molar-refractivity contribution in [2.75, 3.05) is 0 Å². The minimum absolute atomic E-state index is 0.520. The summed E-state index contributed by atoms with van der Waals surface area (Å²) in [6, 6.07) is 15.4. The van der Waals surface area contributed by atoms with Crippen LogP contribution in [0.15, 0.2) is 53.0 Å². The Kier molecular flexibility index (Phi) is 3.74. The zero-order valence-electron chi connectivity index (χ0n) is 10.2. The Hall–Kier alpha value is -1.43. The fraction of sp³-hybridized carbons (Fsp3) is 0. The highest BCUT2D eigenvalue weighted by molar-refractivity contribution is 9.10. The summed E-state index contributed by atoms with van der Waals surface area (Å²) in [5.41, 5.74) is 1.84. The minimum Gasteiger partial charge on any atom is -0.267 e. The van der Waals surface area contributed by atoms with Gasteiger partial charge in [0.1, 0.15) is 0 Å². The zero-order chi connectivity index (χ0) is 14.1. The van der Waals surface area contributed by atoms with Crippen molar-refractivity contribution in [3.63, 3.8) is 0 Å². The third-order valence-corrected chi connectivity index (χ3v) is 4.03. The van der Waals surface area contributed by atoms with E-state index >= 15 is 0 Å². The van der Waals surface area contributed by atoms with Gasteiger partial charge in [0.05, 0.1) is 5.69 Å². The van der Waals surface area contributed by atoms with Crippen molar-refractivity contribution >= 4 is 39.7 Å². The number of hydrogen-bond acceptors (Lipinski definition) is 2. The molecule has 0 radical (unpaired) electrons.